The molecule has 0 saturated carbocycles. The smallest absolute Gasteiger partial charge is 0.330 e. The van der Waals surface area contributed by atoms with Gasteiger partial charge in [-0.05, 0) is 30.7 Å². The Labute approximate surface area is 92.8 Å². The van der Waals surface area contributed by atoms with Crippen molar-refractivity contribution in [2.24, 2.45) is 0 Å². The molecular weight excluding hydrogens is 209 g/mol. The van der Waals surface area contributed by atoms with Crippen LogP contribution in [0.5, 0.6) is 0 Å². The monoisotopic (exact) mass is 218 g/mol. The SMILES string of the molecule is CCOC(=O)C=Cc1c[c]c(F)cc1C#N. The van der Waals surface area contributed by atoms with Crippen LogP contribution in [-0.4, -0.2) is 12.6 Å². The van der Waals surface area contributed by atoms with Gasteiger partial charge in [-0.25, -0.2) is 9.18 Å². The van der Waals surface area contributed by atoms with E-state index in [1.807, 2.05) is 6.07 Å². The molecule has 1 aromatic rings. The molecule has 1 rings (SSSR count). The van der Waals surface area contributed by atoms with Crippen LogP contribution in [-0.2, 0) is 9.53 Å². The minimum atomic E-state index is -0.607. The van der Waals surface area contributed by atoms with Gasteiger partial charge in [0.25, 0.3) is 0 Å². The molecule has 1 radical (unpaired) electrons. The van der Waals surface area contributed by atoms with E-state index in [1.54, 1.807) is 6.92 Å². The highest BCUT2D eigenvalue weighted by Crippen LogP contribution is 2.11. The Morgan fingerprint density at radius 3 is 3.12 bits per heavy atom. The van der Waals surface area contributed by atoms with Crippen LogP contribution in [0, 0.1) is 23.2 Å². The van der Waals surface area contributed by atoms with Gasteiger partial charge in [-0.15, -0.1) is 0 Å². The average Bonchev–Trinajstić information content (AvgIpc) is 2.27. The minimum Gasteiger partial charge on any atom is -0.463 e. The molecule has 0 N–H and O–H groups in total. The molecule has 16 heavy (non-hydrogen) atoms. The third-order valence-corrected chi connectivity index (χ3v) is 1.75. The third kappa shape index (κ3) is 3.21. The summed E-state index contributed by atoms with van der Waals surface area (Å²) in [6, 6.07) is 6.51. The minimum absolute atomic E-state index is 0.150. The van der Waals surface area contributed by atoms with Crippen molar-refractivity contribution in [2.45, 2.75) is 6.92 Å². The normalized spacial score (nSPS) is 10.1. The molecule has 0 aliphatic rings. The second kappa shape index (κ2) is 5.66. The second-order valence-electron chi connectivity index (χ2n) is 2.85. The first-order valence-corrected chi connectivity index (χ1v) is 4.63. The number of nitriles is 1. The van der Waals surface area contributed by atoms with Gasteiger partial charge in [0.2, 0.25) is 0 Å². The molecule has 0 aromatic heterocycles. The molecule has 0 bridgehead atoms. The van der Waals surface area contributed by atoms with E-state index in [2.05, 4.69) is 10.8 Å². The Balaban J connectivity index is 2.89. The van der Waals surface area contributed by atoms with Gasteiger partial charge in [0.05, 0.1) is 18.2 Å². The molecule has 3 nitrogen and oxygen atoms in total. The van der Waals surface area contributed by atoms with E-state index in [0.717, 1.165) is 6.07 Å². The Kier molecular flexibility index (Phi) is 4.22. The zero-order chi connectivity index (χ0) is 12.0. The van der Waals surface area contributed by atoms with Crippen LogP contribution in [0.25, 0.3) is 6.08 Å². The van der Waals surface area contributed by atoms with Crippen LogP contribution in [0.15, 0.2) is 18.2 Å². The van der Waals surface area contributed by atoms with Gasteiger partial charge in [0.15, 0.2) is 0 Å². The van der Waals surface area contributed by atoms with Gasteiger partial charge in [-0.2, -0.15) is 5.26 Å². The average molecular weight is 218 g/mol. The maximum Gasteiger partial charge on any atom is 0.330 e. The van der Waals surface area contributed by atoms with E-state index in [0.29, 0.717) is 5.56 Å². The van der Waals surface area contributed by atoms with Crippen LogP contribution in [0.3, 0.4) is 0 Å². The number of carbonyl (C=O) groups is 1. The molecule has 4 heteroatoms. The van der Waals surface area contributed by atoms with Crippen molar-refractivity contribution < 1.29 is 13.9 Å². The van der Waals surface area contributed by atoms with E-state index in [9.17, 15) is 9.18 Å². The van der Waals surface area contributed by atoms with Crippen molar-refractivity contribution in [1.29, 1.82) is 5.26 Å². The topological polar surface area (TPSA) is 50.1 Å². The number of nitrogens with zero attached hydrogens (tertiary/aromatic N) is 1. The number of esters is 1. The fourth-order valence-electron chi connectivity index (χ4n) is 1.06. The van der Waals surface area contributed by atoms with Gasteiger partial charge >= 0.3 is 5.97 Å². The lowest BCUT2D eigenvalue weighted by atomic mass is 10.1. The van der Waals surface area contributed by atoms with E-state index < -0.39 is 11.8 Å². The molecule has 1 aromatic carbocycles. The summed E-state index contributed by atoms with van der Waals surface area (Å²) in [5.41, 5.74) is 0.578. The summed E-state index contributed by atoms with van der Waals surface area (Å²) in [4.78, 5) is 11.0. The van der Waals surface area contributed by atoms with Crippen molar-refractivity contribution in [3.63, 3.8) is 0 Å². The molecule has 0 spiro atoms. The standard InChI is InChI=1S/C12H9FNO2/c1-2-16-12(15)6-4-9-3-5-11(13)7-10(9)8-14/h3-4,6-7H,2H2,1H3. The lowest BCUT2D eigenvalue weighted by Crippen LogP contribution is -1.98. The highest BCUT2D eigenvalue weighted by Gasteiger charge is 2.02. The number of halogens is 1. The molecule has 0 fully saturated rings. The Morgan fingerprint density at radius 2 is 2.50 bits per heavy atom. The summed E-state index contributed by atoms with van der Waals surface area (Å²) in [5, 5.41) is 8.73. The molecule has 81 valence electrons. The predicted molar refractivity (Wildman–Crippen MR) is 55.6 cm³/mol. The van der Waals surface area contributed by atoms with Crippen LogP contribution >= 0.6 is 0 Å². The Morgan fingerprint density at radius 1 is 1.75 bits per heavy atom. The number of carbonyl (C=O) groups excluding carboxylic acids is 1. The fraction of sp³-hybridized carbons (Fsp3) is 0.167. The molecule has 0 heterocycles. The van der Waals surface area contributed by atoms with Gasteiger partial charge in [0, 0.05) is 12.1 Å². The summed E-state index contributed by atoms with van der Waals surface area (Å²) in [7, 11) is 0. The van der Waals surface area contributed by atoms with Crippen molar-refractivity contribution in [3.8, 4) is 6.07 Å². The zero-order valence-electron chi connectivity index (χ0n) is 8.66. The third-order valence-electron chi connectivity index (χ3n) is 1.75. The largest absolute Gasteiger partial charge is 0.463 e. The molecular formula is C12H9FNO2. The van der Waals surface area contributed by atoms with Gasteiger partial charge in [-0.3, -0.25) is 0 Å². The van der Waals surface area contributed by atoms with Crippen LogP contribution in [0.1, 0.15) is 18.1 Å². The number of rotatable bonds is 3. The number of benzene rings is 1. The summed E-state index contributed by atoms with van der Waals surface area (Å²) in [6.07, 6.45) is 2.58. The highest BCUT2D eigenvalue weighted by molar-refractivity contribution is 5.87. The summed E-state index contributed by atoms with van der Waals surface area (Å²) >= 11 is 0. The Bertz CT molecular complexity index is 461. The van der Waals surface area contributed by atoms with Crippen LogP contribution in [0.4, 0.5) is 4.39 Å². The lowest BCUT2D eigenvalue weighted by molar-refractivity contribution is -0.137. The quantitative estimate of drug-likeness (QED) is 0.576. The summed E-state index contributed by atoms with van der Waals surface area (Å²) in [6.45, 7) is 1.97. The van der Waals surface area contributed by atoms with E-state index in [4.69, 9.17) is 5.26 Å². The van der Waals surface area contributed by atoms with Crippen LogP contribution < -0.4 is 0 Å². The molecule has 0 atom stereocenters. The van der Waals surface area contributed by atoms with Crippen molar-refractivity contribution in [2.75, 3.05) is 6.61 Å². The lowest BCUT2D eigenvalue weighted by Gasteiger charge is -1.97. The molecule has 0 aliphatic carbocycles. The van der Waals surface area contributed by atoms with Gasteiger partial charge in [-0.1, -0.05) is 0 Å². The van der Waals surface area contributed by atoms with Crippen molar-refractivity contribution in [1.82, 2.24) is 0 Å². The molecule has 0 amide bonds. The first-order valence-electron chi connectivity index (χ1n) is 4.63. The van der Waals surface area contributed by atoms with Gasteiger partial charge < -0.3 is 4.74 Å². The zero-order valence-corrected chi connectivity index (χ0v) is 8.66. The maximum atomic E-state index is 12.7. The first-order chi connectivity index (χ1) is 7.67. The van der Waals surface area contributed by atoms with Crippen molar-refractivity contribution >= 4 is 12.0 Å². The van der Waals surface area contributed by atoms with Gasteiger partial charge in [0.1, 0.15) is 5.82 Å². The fourth-order valence-corrected chi connectivity index (χ4v) is 1.06. The molecule has 0 aliphatic heterocycles. The maximum absolute atomic E-state index is 12.7. The second-order valence-corrected chi connectivity index (χ2v) is 2.85. The molecule has 0 saturated heterocycles. The molecule has 0 unspecified atom stereocenters. The number of hydrogen-bond donors (Lipinski definition) is 0. The highest BCUT2D eigenvalue weighted by atomic mass is 19.1. The first kappa shape index (κ1) is 11.9. The van der Waals surface area contributed by atoms with E-state index in [1.165, 1.54) is 18.2 Å². The van der Waals surface area contributed by atoms with Crippen LogP contribution in [0.2, 0.25) is 0 Å². The number of ether oxygens (including phenoxy) is 1. The summed E-state index contributed by atoms with van der Waals surface area (Å²) in [5.74, 6) is -1.11. The van der Waals surface area contributed by atoms with Crippen molar-refractivity contribution in [3.05, 3.63) is 41.2 Å². The predicted octanol–water partition coefficient (Wildman–Crippen LogP) is 2.07. The Hall–Kier alpha value is -2.15. The van der Waals surface area contributed by atoms with E-state index >= 15 is 0 Å². The number of hydrogen-bond acceptors (Lipinski definition) is 3. The van der Waals surface area contributed by atoms with E-state index in [-0.39, 0.29) is 12.2 Å². The summed E-state index contributed by atoms with van der Waals surface area (Å²) < 4.78 is 17.4.